The number of rotatable bonds is 12. The normalized spacial score (nSPS) is 22.9. The van der Waals surface area contributed by atoms with Crippen LogP contribution in [0.2, 0.25) is 0 Å². The minimum Gasteiger partial charge on any atom is -0.370 e. The van der Waals surface area contributed by atoms with E-state index in [1.807, 2.05) is 0 Å². The van der Waals surface area contributed by atoms with E-state index >= 15 is 0 Å². The molecule has 2 unspecified atom stereocenters. The molecule has 0 aromatic carbocycles. The molecule has 1 heteroatoms. The minimum atomic E-state index is 0.640. The standard InChI is InChI=1S/C16H32O/c1-3-5-7-8-9-10-12-14-16-15(17-16)13-11-6-4-2/h15-16H,3-14H2,1-2H3. The fourth-order valence-electron chi connectivity index (χ4n) is 2.59. The Morgan fingerprint density at radius 3 is 1.59 bits per heavy atom. The number of hydrogen-bond acceptors (Lipinski definition) is 1. The molecule has 0 spiro atoms. The molecule has 2 atom stereocenters. The minimum absolute atomic E-state index is 0.640. The zero-order valence-corrected chi connectivity index (χ0v) is 12.0. The highest BCUT2D eigenvalue weighted by Crippen LogP contribution is 2.31. The summed E-state index contributed by atoms with van der Waals surface area (Å²) in [4.78, 5) is 0. The maximum absolute atomic E-state index is 5.71. The third-order valence-electron chi connectivity index (χ3n) is 3.87. The lowest BCUT2D eigenvalue weighted by Gasteiger charge is -1.99. The average molecular weight is 240 g/mol. The van der Waals surface area contributed by atoms with Crippen molar-refractivity contribution in [1.29, 1.82) is 0 Å². The maximum atomic E-state index is 5.71. The first-order valence-electron chi connectivity index (χ1n) is 8.04. The summed E-state index contributed by atoms with van der Waals surface area (Å²) in [7, 11) is 0. The number of ether oxygens (including phenoxy) is 1. The van der Waals surface area contributed by atoms with Crippen molar-refractivity contribution < 1.29 is 4.74 Å². The van der Waals surface area contributed by atoms with Crippen LogP contribution < -0.4 is 0 Å². The van der Waals surface area contributed by atoms with E-state index in [1.165, 1.54) is 77.0 Å². The van der Waals surface area contributed by atoms with Crippen molar-refractivity contribution >= 4 is 0 Å². The van der Waals surface area contributed by atoms with Gasteiger partial charge in [-0.05, 0) is 12.8 Å². The molecule has 1 saturated heterocycles. The molecule has 0 aromatic rings. The summed E-state index contributed by atoms with van der Waals surface area (Å²) < 4.78 is 5.71. The van der Waals surface area contributed by atoms with Gasteiger partial charge in [-0.15, -0.1) is 0 Å². The molecule has 1 fully saturated rings. The molecule has 0 aromatic heterocycles. The summed E-state index contributed by atoms with van der Waals surface area (Å²) in [6.07, 6.45) is 17.9. The van der Waals surface area contributed by atoms with Crippen LogP contribution in [-0.2, 0) is 4.74 Å². The van der Waals surface area contributed by atoms with Gasteiger partial charge in [-0.2, -0.15) is 0 Å². The summed E-state index contributed by atoms with van der Waals surface area (Å²) in [5, 5.41) is 0. The van der Waals surface area contributed by atoms with Gasteiger partial charge in [-0.25, -0.2) is 0 Å². The van der Waals surface area contributed by atoms with Gasteiger partial charge in [0, 0.05) is 0 Å². The third kappa shape index (κ3) is 7.81. The summed E-state index contributed by atoms with van der Waals surface area (Å²) in [5.41, 5.74) is 0. The van der Waals surface area contributed by atoms with Crippen LogP contribution in [0.4, 0.5) is 0 Å². The monoisotopic (exact) mass is 240 g/mol. The Morgan fingerprint density at radius 2 is 1.00 bits per heavy atom. The quantitative estimate of drug-likeness (QED) is 0.325. The van der Waals surface area contributed by atoms with E-state index in [9.17, 15) is 0 Å². The lowest BCUT2D eigenvalue weighted by Crippen LogP contribution is -1.94. The lowest BCUT2D eigenvalue weighted by molar-refractivity contribution is 0.348. The third-order valence-corrected chi connectivity index (χ3v) is 3.87. The Hall–Kier alpha value is -0.0400. The molecule has 102 valence electrons. The lowest BCUT2D eigenvalue weighted by atomic mass is 10.0. The number of hydrogen-bond donors (Lipinski definition) is 0. The van der Waals surface area contributed by atoms with Crippen molar-refractivity contribution in [2.75, 3.05) is 0 Å². The van der Waals surface area contributed by atoms with Crippen molar-refractivity contribution in [2.24, 2.45) is 0 Å². The van der Waals surface area contributed by atoms with Crippen LogP contribution >= 0.6 is 0 Å². The summed E-state index contributed by atoms with van der Waals surface area (Å²) in [6, 6.07) is 0. The first-order chi connectivity index (χ1) is 8.38. The first-order valence-corrected chi connectivity index (χ1v) is 8.04. The van der Waals surface area contributed by atoms with Gasteiger partial charge in [0.25, 0.3) is 0 Å². The molecule has 0 radical (unpaired) electrons. The van der Waals surface area contributed by atoms with Crippen molar-refractivity contribution in [3.05, 3.63) is 0 Å². The van der Waals surface area contributed by atoms with E-state index in [0.717, 1.165) is 0 Å². The molecule has 0 bridgehead atoms. The fraction of sp³-hybridized carbons (Fsp3) is 1.00. The summed E-state index contributed by atoms with van der Waals surface area (Å²) in [6.45, 7) is 4.55. The van der Waals surface area contributed by atoms with E-state index in [1.54, 1.807) is 0 Å². The van der Waals surface area contributed by atoms with Crippen molar-refractivity contribution in [3.63, 3.8) is 0 Å². The summed E-state index contributed by atoms with van der Waals surface area (Å²) >= 11 is 0. The Kier molecular flexibility index (Phi) is 8.78. The molecule has 0 amide bonds. The molecular weight excluding hydrogens is 208 g/mol. The van der Waals surface area contributed by atoms with Gasteiger partial charge < -0.3 is 4.74 Å². The second-order valence-electron chi connectivity index (χ2n) is 5.62. The van der Waals surface area contributed by atoms with E-state index in [0.29, 0.717) is 12.2 Å². The molecule has 0 N–H and O–H groups in total. The van der Waals surface area contributed by atoms with E-state index < -0.39 is 0 Å². The second kappa shape index (κ2) is 9.94. The van der Waals surface area contributed by atoms with Crippen molar-refractivity contribution in [1.82, 2.24) is 0 Å². The highest BCUT2D eigenvalue weighted by Gasteiger charge is 2.36. The van der Waals surface area contributed by atoms with Gasteiger partial charge in [0.15, 0.2) is 0 Å². The van der Waals surface area contributed by atoms with Crippen LogP contribution in [-0.4, -0.2) is 12.2 Å². The zero-order chi connectivity index (χ0) is 12.3. The van der Waals surface area contributed by atoms with Crippen LogP contribution in [0.5, 0.6) is 0 Å². The van der Waals surface area contributed by atoms with E-state index in [4.69, 9.17) is 4.74 Å². The Labute approximate surface area is 108 Å². The number of epoxide rings is 1. The SMILES string of the molecule is CCCCCCCCCC1OC1CCCCC. The maximum Gasteiger partial charge on any atom is 0.0841 e. The molecule has 1 rings (SSSR count). The van der Waals surface area contributed by atoms with Crippen LogP contribution in [0.3, 0.4) is 0 Å². The predicted octanol–water partition coefficient (Wildman–Crippen LogP) is 5.47. The molecule has 1 nitrogen and oxygen atoms in total. The molecule has 0 saturated carbocycles. The van der Waals surface area contributed by atoms with Crippen LogP contribution in [0, 0.1) is 0 Å². The average Bonchev–Trinajstić information content (AvgIpc) is 3.07. The van der Waals surface area contributed by atoms with E-state index in [2.05, 4.69) is 13.8 Å². The summed E-state index contributed by atoms with van der Waals surface area (Å²) in [5.74, 6) is 0. The molecule has 1 aliphatic rings. The van der Waals surface area contributed by atoms with Gasteiger partial charge in [0.2, 0.25) is 0 Å². The second-order valence-corrected chi connectivity index (χ2v) is 5.62. The molecule has 17 heavy (non-hydrogen) atoms. The predicted molar refractivity (Wildman–Crippen MR) is 75.4 cm³/mol. The molecular formula is C16H32O. The first kappa shape index (κ1) is 15.0. The van der Waals surface area contributed by atoms with Crippen molar-refractivity contribution in [2.45, 2.75) is 103 Å². The topological polar surface area (TPSA) is 12.5 Å². The molecule has 1 aliphatic heterocycles. The fourth-order valence-corrected chi connectivity index (χ4v) is 2.59. The van der Waals surface area contributed by atoms with Gasteiger partial charge in [-0.3, -0.25) is 0 Å². The van der Waals surface area contributed by atoms with Crippen LogP contribution in [0.25, 0.3) is 0 Å². The largest absolute Gasteiger partial charge is 0.370 e. The zero-order valence-electron chi connectivity index (χ0n) is 12.0. The van der Waals surface area contributed by atoms with Gasteiger partial charge in [-0.1, -0.05) is 78.1 Å². The Bertz CT molecular complexity index is 167. The molecule has 1 heterocycles. The Morgan fingerprint density at radius 1 is 0.588 bits per heavy atom. The van der Waals surface area contributed by atoms with Crippen LogP contribution in [0.15, 0.2) is 0 Å². The number of unbranched alkanes of at least 4 members (excludes halogenated alkanes) is 8. The van der Waals surface area contributed by atoms with Crippen molar-refractivity contribution in [3.8, 4) is 0 Å². The smallest absolute Gasteiger partial charge is 0.0841 e. The highest BCUT2D eigenvalue weighted by atomic mass is 16.6. The molecule has 0 aliphatic carbocycles. The Balaban J connectivity index is 1.76. The van der Waals surface area contributed by atoms with E-state index in [-0.39, 0.29) is 0 Å². The van der Waals surface area contributed by atoms with Gasteiger partial charge >= 0.3 is 0 Å². The van der Waals surface area contributed by atoms with Gasteiger partial charge in [0.1, 0.15) is 0 Å². The van der Waals surface area contributed by atoms with Gasteiger partial charge in [0.05, 0.1) is 12.2 Å². The van der Waals surface area contributed by atoms with Crippen LogP contribution in [0.1, 0.15) is 90.9 Å². The highest BCUT2D eigenvalue weighted by molar-refractivity contribution is 4.84.